The summed E-state index contributed by atoms with van der Waals surface area (Å²) in [5.74, 6) is -1.51. The van der Waals surface area contributed by atoms with Crippen molar-refractivity contribution in [3.63, 3.8) is 0 Å². The van der Waals surface area contributed by atoms with Crippen LogP contribution in [-0.2, 0) is 6.18 Å². The number of benzene rings is 1. The van der Waals surface area contributed by atoms with Gasteiger partial charge in [0, 0.05) is 12.5 Å². The molecule has 0 saturated heterocycles. The van der Waals surface area contributed by atoms with E-state index in [1.165, 1.54) is 0 Å². The van der Waals surface area contributed by atoms with E-state index in [9.17, 15) is 26.3 Å². The molecule has 104 valence electrons. The Morgan fingerprint density at radius 3 is 2.11 bits per heavy atom. The van der Waals surface area contributed by atoms with Gasteiger partial charge in [-0.05, 0) is 17.7 Å². The van der Waals surface area contributed by atoms with Gasteiger partial charge in [0.2, 0.25) is 6.43 Å². The highest BCUT2D eigenvalue weighted by Gasteiger charge is 2.34. The van der Waals surface area contributed by atoms with Crippen LogP contribution >= 0.6 is 12.4 Å². The first-order chi connectivity index (χ1) is 7.71. The van der Waals surface area contributed by atoms with Gasteiger partial charge in [-0.3, -0.25) is 0 Å². The van der Waals surface area contributed by atoms with Crippen LogP contribution in [0.2, 0.25) is 0 Å². The lowest BCUT2D eigenvalue weighted by Crippen LogP contribution is -2.15. The maximum Gasteiger partial charge on any atom is 0.419 e. The van der Waals surface area contributed by atoms with Crippen molar-refractivity contribution in [2.75, 3.05) is 0 Å². The average Bonchev–Trinajstić information content (AvgIpc) is 2.14. The minimum absolute atomic E-state index is 0. The average molecular weight is 294 g/mol. The highest BCUT2D eigenvalue weighted by molar-refractivity contribution is 5.85. The third kappa shape index (κ3) is 4.38. The second kappa shape index (κ2) is 6.29. The van der Waals surface area contributed by atoms with E-state index in [4.69, 9.17) is 5.73 Å². The minimum Gasteiger partial charge on any atom is -0.324 e. The molecular formula is C10H10ClF6N. The molecule has 0 amide bonds. The standard InChI is InChI=1S/C10H9F6N.ClH/c11-7-3-5(8(17)4-9(12)13)1-2-6(7)10(14,15)16;/h1-3,8-9H,4,17H2;1H/t8-;/m0./s1. The predicted molar refractivity (Wildman–Crippen MR) is 56.2 cm³/mol. The number of hydrogen-bond acceptors (Lipinski definition) is 1. The predicted octanol–water partition coefficient (Wildman–Crippen LogP) is 3.92. The molecule has 0 unspecified atom stereocenters. The van der Waals surface area contributed by atoms with E-state index in [1.54, 1.807) is 0 Å². The first-order valence-electron chi connectivity index (χ1n) is 4.62. The van der Waals surface area contributed by atoms with Gasteiger partial charge in [0.05, 0.1) is 5.56 Å². The van der Waals surface area contributed by atoms with E-state index in [0.29, 0.717) is 12.1 Å². The molecule has 0 aliphatic heterocycles. The Morgan fingerprint density at radius 2 is 1.72 bits per heavy atom. The lowest BCUT2D eigenvalue weighted by Gasteiger charge is -2.14. The molecule has 0 radical (unpaired) electrons. The smallest absolute Gasteiger partial charge is 0.324 e. The summed E-state index contributed by atoms with van der Waals surface area (Å²) in [6, 6.07) is 0.747. The molecule has 0 aromatic heterocycles. The van der Waals surface area contributed by atoms with E-state index < -0.39 is 36.4 Å². The van der Waals surface area contributed by atoms with Gasteiger partial charge in [-0.25, -0.2) is 13.2 Å². The fraction of sp³-hybridized carbons (Fsp3) is 0.400. The molecule has 8 heteroatoms. The monoisotopic (exact) mass is 293 g/mol. The van der Waals surface area contributed by atoms with Gasteiger partial charge in [0.1, 0.15) is 5.82 Å². The third-order valence-corrected chi connectivity index (χ3v) is 2.16. The van der Waals surface area contributed by atoms with E-state index >= 15 is 0 Å². The molecule has 0 aliphatic rings. The van der Waals surface area contributed by atoms with Gasteiger partial charge in [-0.2, -0.15) is 13.2 Å². The number of halogens is 7. The van der Waals surface area contributed by atoms with Crippen LogP contribution in [0.1, 0.15) is 23.6 Å². The molecule has 1 aromatic rings. The molecule has 18 heavy (non-hydrogen) atoms. The maximum atomic E-state index is 13.1. The zero-order valence-electron chi connectivity index (χ0n) is 8.85. The third-order valence-electron chi connectivity index (χ3n) is 2.16. The van der Waals surface area contributed by atoms with E-state index in [0.717, 1.165) is 6.07 Å². The molecule has 0 heterocycles. The van der Waals surface area contributed by atoms with Crippen molar-refractivity contribution >= 4 is 12.4 Å². The molecule has 0 spiro atoms. The lowest BCUT2D eigenvalue weighted by atomic mass is 10.0. The van der Waals surface area contributed by atoms with Crippen LogP contribution in [0.4, 0.5) is 26.3 Å². The Hall–Kier alpha value is -0.950. The molecule has 1 atom stereocenters. The molecule has 0 fully saturated rings. The fourth-order valence-corrected chi connectivity index (χ4v) is 1.32. The lowest BCUT2D eigenvalue weighted by molar-refractivity contribution is -0.140. The molecular weight excluding hydrogens is 284 g/mol. The van der Waals surface area contributed by atoms with Gasteiger partial charge in [0.15, 0.2) is 0 Å². The summed E-state index contributed by atoms with van der Waals surface area (Å²) in [6.07, 6.45) is -8.24. The summed E-state index contributed by atoms with van der Waals surface area (Å²) < 4.78 is 73.7. The Bertz CT molecular complexity index is 392. The van der Waals surface area contributed by atoms with Gasteiger partial charge >= 0.3 is 6.18 Å². The first kappa shape index (κ1) is 17.1. The van der Waals surface area contributed by atoms with E-state index in [-0.39, 0.29) is 18.0 Å². The second-order valence-electron chi connectivity index (χ2n) is 3.47. The van der Waals surface area contributed by atoms with Crippen molar-refractivity contribution in [3.05, 3.63) is 35.1 Å². The number of hydrogen-bond donors (Lipinski definition) is 1. The zero-order chi connectivity index (χ0) is 13.2. The van der Waals surface area contributed by atoms with Crippen molar-refractivity contribution in [1.29, 1.82) is 0 Å². The number of rotatable bonds is 3. The second-order valence-corrected chi connectivity index (χ2v) is 3.47. The van der Waals surface area contributed by atoms with Crippen molar-refractivity contribution in [1.82, 2.24) is 0 Å². The van der Waals surface area contributed by atoms with Crippen molar-refractivity contribution in [2.45, 2.75) is 25.1 Å². The molecule has 0 aliphatic carbocycles. The number of alkyl halides is 5. The van der Waals surface area contributed by atoms with Crippen molar-refractivity contribution < 1.29 is 26.3 Å². The first-order valence-corrected chi connectivity index (χ1v) is 4.62. The highest BCUT2D eigenvalue weighted by atomic mass is 35.5. The molecule has 1 rings (SSSR count). The number of nitrogens with two attached hydrogens (primary N) is 1. The summed E-state index contributed by atoms with van der Waals surface area (Å²) in [5.41, 5.74) is 3.77. The Labute approximate surface area is 105 Å². The summed E-state index contributed by atoms with van der Waals surface area (Å²) >= 11 is 0. The normalized spacial score (nSPS) is 13.3. The summed E-state index contributed by atoms with van der Waals surface area (Å²) in [4.78, 5) is 0. The maximum absolute atomic E-state index is 13.1. The quantitative estimate of drug-likeness (QED) is 0.840. The van der Waals surface area contributed by atoms with Gasteiger partial charge in [-0.15, -0.1) is 12.4 Å². The molecule has 0 bridgehead atoms. The highest BCUT2D eigenvalue weighted by Crippen LogP contribution is 2.32. The SMILES string of the molecule is Cl.N[C@@H](CC(F)F)c1ccc(C(F)(F)F)c(F)c1. The van der Waals surface area contributed by atoms with Crippen molar-refractivity contribution in [3.8, 4) is 0 Å². The topological polar surface area (TPSA) is 26.0 Å². The van der Waals surface area contributed by atoms with Crippen LogP contribution in [0.5, 0.6) is 0 Å². The minimum atomic E-state index is -4.81. The van der Waals surface area contributed by atoms with Crippen LogP contribution in [0.3, 0.4) is 0 Å². The Kier molecular flexibility index (Phi) is 5.95. The van der Waals surface area contributed by atoms with Crippen LogP contribution < -0.4 is 5.73 Å². The van der Waals surface area contributed by atoms with Crippen LogP contribution in [0, 0.1) is 5.82 Å². The largest absolute Gasteiger partial charge is 0.419 e. The van der Waals surface area contributed by atoms with Gasteiger partial charge in [0.25, 0.3) is 0 Å². The van der Waals surface area contributed by atoms with Gasteiger partial charge in [-0.1, -0.05) is 6.07 Å². The molecule has 1 aromatic carbocycles. The summed E-state index contributed by atoms with van der Waals surface area (Å²) in [7, 11) is 0. The summed E-state index contributed by atoms with van der Waals surface area (Å²) in [5, 5.41) is 0. The van der Waals surface area contributed by atoms with Crippen LogP contribution in [0.15, 0.2) is 18.2 Å². The van der Waals surface area contributed by atoms with Crippen molar-refractivity contribution in [2.24, 2.45) is 5.73 Å². The summed E-state index contributed by atoms with van der Waals surface area (Å²) in [6.45, 7) is 0. The van der Waals surface area contributed by atoms with Crippen LogP contribution in [-0.4, -0.2) is 6.43 Å². The van der Waals surface area contributed by atoms with E-state index in [2.05, 4.69) is 0 Å². The Balaban J connectivity index is 0.00000289. The van der Waals surface area contributed by atoms with E-state index in [1.807, 2.05) is 0 Å². The molecule has 2 N–H and O–H groups in total. The molecule has 1 nitrogen and oxygen atoms in total. The Morgan fingerprint density at radius 1 is 1.17 bits per heavy atom. The molecule has 0 saturated carbocycles. The van der Waals surface area contributed by atoms with Crippen LogP contribution in [0.25, 0.3) is 0 Å². The fourth-order valence-electron chi connectivity index (χ4n) is 1.32. The zero-order valence-corrected chi connectivity index (χ0v) is 9.66. The van der Waals surface area contributed by atoms with Gasteiger partial charge < -0.3 is 5.73 Å².